The minimum Gasteiger partial charge on any atom is -0.361 e. The van der Waals surface area contributed by atoms with Crippen LogP contribution in [0.1, 0.15) is 30.0 Å². The maximum Gasteiger partial charge on any atom is 0.187 e. The Morgan fingerprint density at radius 3 is 3.08 bits per heavy atom. The van der Waals surface area contributed by atoms with Crippen LogP contribution in [0.15, 0.2) is 53.4 Å². The monoisotopic (exact) mass is 347 g/mol. The Morgan fingerprint density at radius 2 is 2.19 bits per heavy atom. The van der Waals surface area contributed by atoms with Gasteiger partial charge >= 0.3 is 0 Å². The first-order valence-corrected chi connectivity index (χ1v) is 8.88. The summed E-state index contributed by atoms with van der Waals surface area (Å²) in [6, 6.07) is 10.3. The van der Waals surface area contributed by atoms with Crippen LogP contribution in [0, 0.1) is 0 Å². The van der Waals surface area contributed by atoms with Crippen LogP contribution in [0.3, 0.4) is 0 Å². The average Bonchev–Trinajstić information content (AvgIpc) is 3.16. The van der Waals surface area contributed by atoms with Gasteiger partial charge in [-0.3, -0.25) is 15.8 Å². The van der Waals surface area contributed by atoms with Crippen molar-refractivity contribution in [2.24, 2.45) is 10.7 Å². The zero-order chi connectivity index (χ0) is 17.6. The third-order valence-corrected chi connectivity index (χ3v) is 4.92. The van der Waals surface area contributed by atoms with E-state index >= 15 is 0 Å². The summed E-state index contributed by atoms with van der Waals surface area (Å²) in [6.45, 7) is 0. The van der Waals surface area contributed by atoms with Gasteiger partial charge in [-0.1, -0.05) is 12.1 Å². The van der Waals surface area contributed by atoms with E-state index in [1.807, 2.05) is 18.3 Å². The number of hydrogen-bond acceptors (Lipinski definition) is 5. The fourth-order valence-electron chi connectivity index (χ4n) is 3.45. The zero-order valence-corrected chi connectivity index (χ0v) is 14.3. The molecule has 6 N–H and O–H groups in total. The highest BCUT2D eigenvalue weighted by atomic mass is 15.3. The molecule has 3 heterocycles. The Labute approximate surface area is 150 Å². The molecule has 1 aromatic carbocycles. The third-order valence-electron chi connectivity index (χ3n) is 4.92. The van der Waals surface area contributed by atoms with Gasteiger partial charge in [0.05, 0.1) is 0 Å². The smallest absolute Gasteiger partial charge is 0.187 e. The summed E-state index contributed by atoms with van der Waals surface area (Å²) >= 11 is 0. The SMILES string of the molecule is NC1(Cc2cccc3[nH]ccc23)N=CC=C(Nc2cc(C3CC3)[nH]n2)N1. The van der Waals surface area contributed by atoms with E-state index in [4.69, 9.17) is 5.73 Å². The lowest BCUT2D eigenvalue weighted by atomic mass is 10.0. The molecule has 0 radical (unpaired) electrons. The van der Waals surface area contributed by atoms with Crippen molar-refractivity contribution in [1.29, 1.82) is 0 Å². The average molecular weight is 347 g/mol. The van der Waals surface area contributed by atoms with Gasteiger partial charge in [0.25, 0.3) is 0 Å². The molecular weight excluding hydrogens is 326 g/mol. The predicted octanol–water partition coefficient (Wildman–Crippen LogP) is 2.55. The summed E-state index contributed by atoms with van der Waals surface area (Å²) in [5, 5.41) is 15.2. The van der Waals surface area contributed by atoms with Crippen molar-refractivity contribution in [3.8, 4) is 0 Å². The van der Waals surface area contributed by atoms with Gasteiger partial charge in [-0.25, -0.2) is 0 Å². The van der Waals surface area contributed by atoms with Gasteiger partial charge < -0.3 is 15.6 Å². The number of fused-ring (bicyclic) bond motifs is 1. The number of rotatable bonds is 5. The van der Waals surface area contributed by atoms with E-state index in [0.717, 1.165) is 22.7 Å². The molecule has 0 amide bonds. The van der Waals surface area contributed by atoms with Crippen LogP contribution in [-0.2, 0) is 6.42 Å². The minimum absolute atomic E-state index is 0.575. The summed E-state index contributed by atoms with van der Waals surface area (Å²) in [5.74, 6) is 1.31. The minimum atomic E-state index is -0.904. The van der Waals surface area contributed by atoms with E-state index in [0.29, 0.717) is 12.3 Å². The van der Waals surface area contributed by atoms with Gasteiger partial charge in [0.15, 0.2) is 11.6 Å². The molecular formula is C19H21N7. The molecule has 1 unspecified atom stereocenters. The van der Waals surface area contributed by atoms with Crippen molar-refractivity contribution in [3.05, 3.63) is 59.7 Å². The maximum absolute atomic E-state index is 6.53. The number of anilines is 1. The Morgan fingerprint density at radius 1 is 1.27 bits per heavy atom. The van der Waals surface area contributed by atoms with Crippen LogP contribution in [0.2, 0.25) is 0 Å². The van der Waals surface area contributed by atoms with Gasteiger partial charge in [0.2, 0.25) is 0 Å². The summed E-state index contributed by atoms with van der Waals surface area (Å²) in [5.41, 5.74) is 9.97. The van der Waals surface area contributed by atoms with Crippen LogP contribution < -0.4 is 16.4 Å². The topological polar surface area (TPSA) is 107 Å². The van der Waals surface area contributed by atoms with Gasteiger partial charge in [-0.15, -0.1) is 0 Å². The number of nitrogens with one attached hydrogen (secondary N) is 4. The summed E-state index contributed by atoms with van der Waals surface area (Å²) in [6.07, 6.45) is 8.61. The van der Waals surface area contributed by atoms with Crippen molar-refractivity contribution >= 4 is 22.9 Å². The Balaban J connectivity index is 1.33. The van der Waals surface area contributed by atoms with Crippen molar-refractivity contribution in [2.45, 2.75) is 31.0 Å². The second-order valence-corrected chi connectivity index (χ2v) is 7.05. The highest BCUT2D eigenvalue weighted by Crippen LogP contribution is 2.39. The Bertz CT molecular complexity index is 1010. The molecule has 1 fully saturated rings. The van der Waals surface area contributed by atoms with Crippen LogP contribution in [0.25, 0.3) is 10.9 Å². The molecule has 26 heavy (non-hydrogen) atoms. The number of aliphatic imine (C=N–C) groups is 1. The highest BCUT2D eigenvalue weighted by molar-refractivity contribution is 5.83. The van der Waals surface area contributed by atoms with Crippen LogP contribution in [0.5, 0.6) is 0 Å². The molecule has 5 rings (SSSR count). The second-order valence-electron chi connectivity index (χ2n) is 7.05. The number of H-pyrrole nitrogens is 2. The number of aromatic nitrogens is 3. The third kappa shape index (κ3) is 2.86. The van der Waals surface area contributed by atoms with Gasteiger partial charge in [-0.05, 0) is 36.6 Å². The summed E-state index contributed by atoms with van der Waals surface area (Å²) in [4.78, 5) is 7.70. The first kappa shape index (κ1) is 15.2. The predicted molar refractivity (Wildman–Crippen MR) is 103 cm³/mol. The lowest BCUT2D eigenvalue weighted by Gasteiger charge is -2.31. The molecule has 0 saturated heterocycles. The zero-order valence-electron chi connectivity index (χ0n) is 14.3. The molecule has 1 saturated carbocycles. The van der Waals surface area contributed by atoms with E-state index in [2.05, 4.69) is 55.1 Å². The number of nitrogens with zero attached hydrogens (tertiary/aromatic N) is 2. The molecule has 7 heteroatoms. The first-order chi connectivity index (χ1) is 12.7. The second kappa shape index (κ2) is 5.74. The first-order valence-electron chi connectivity index (χ1n) is 8.88. The molecule has 132 valence electrons. The fourth-order valence-corrected chi connectivity index (χ4v) is 3.45. The molecule has 1 aliphatic heterocycles. The molecule has 2 aromatic heterocycles. The number of benzene rings is 1. The molecule has 2 aliphatic rings. The number of hydrogen-bond donors (Lipinski definition) is 5. The van der Waals surface area contributed by atoms with E-state index in [1.54, 1.807) is 6.21 Å². The fraction of sp³-hybridized carbons (Fsp3) is 0.263. The van der Waals surface area contributed by atoms with Crippen molar-refractivity contribution in [2.75, 3.05) is 5.32 Å². The molecule has 1 aliphatic carbocycles. The van der Waals surface area contributed by atoms with E-state index in [-0.39, 0.29) is 0 Å². The molecule has 7 nitrogen and oxygen atoms in total. The van der Waals surface area contributed by atoms with E-state index in [9.17, 15) is 0 Å². The summed E-state index contributed by atoms with van der Waals surface area (Å²) < 4.78 is 0. The van der Waals surface area contributed by atoms with E-state index in [1.165, 1.54) is 23.9 Å². The lowest BCUT2D eigenvalue weighted by molar-refractivity contribution is 0.381. The maximum atomic E-state index is 6.53. The standard InChI is InChI=1S/C19H21N7/c20-19(11-13-2-1-3-15-14(13)6-8-21-15)22-9-7-17(24-19)23-18-10-16(25-26-18)12-4-5-12/h1-3,6-10,12,21,24H,4-5,11,20H2,(H2,23,25,26). The molecule has 3 aromatic rings. The van der Waals surface area contributed by atoms with Crippen LogP contribution in [0.4, 0.5) is 5.82 Å². The van der Waals surface area contributed by atoms with E-state index < -0.39 is 5.79 Å². The van der Waals surface area contributed by atoms with Crippen LogP contribution >= 0.6 is 0 Å². The number of allylic oxidation sites excluding steroid dienone is 1. The van der Waals surface area contributed by atoms with Crippen LogP contribution in [-0.4, -0.2) is 27.2 Å². The van der Waals surface area contributed by atoms with Gasteiger partial charge in [0, 0.05) is 47.4 Å². The lowest BCUT2D eigenvalue weighted by Crippen LogP contribution is -2.55. The summed E-state index contributed by atoms with van der Waals surface area (Å²) in [7, 11) is 0. The molecule has 0 bridgehead atoms. The highest BCUT2D eigenvalue weighted by Gasteiger charge is 2.28. The number of nitrogens with two attached hydrogens (primary N) is 1. The normalized spacial score (nSPS) is 22.3. The van der Waals surface area contributed by atoms with Gasteiger partial charge in [0.1, 0.15) is 5.82 Å². The van der Waals surface area contributed by atoms with Crippen molar-refractivity contribution in [3.63, 3.8) is 0 Å². The molecule has 0 spiro atoms. The Hall–Kier alpha value is -3.06. The van der Waals surface area contributed by atoms with Crippen molar-refractivity contribution < 1.29 is 0 Å². The molecule has 1 atom stereocenters. The Kier molecular flexibility index (Phi) is 3.36. The van der Waals surface area contributed by atoms with Gasteiger partial charge in [-0.2, -0.15) is 5.10 Å². The number of aromatic amines is 2. The largest absolute Gasteiger partial charge is 0.361 e. The van der Waals surface area contributed by atoms with Crippen molar-refractivity contribution in [1.82, 2.24) is 20.5 Å². The quantitative estimate of drug-likeness (QED) is 0.489.